The highest BCUT2D eigenvalue weighted by atomic mass is 16.4. The zero-order chi connectivity index (χ0) is 15.8. The van der Waals surface area contributed by atoms with Crippen LogP contribution < -0.4 is 0 Å². The van der Waals surface area contributed by atoms with Crippen LogP contribution in [0.15, 0.2) is 61.1 Å². The molecule has 0 aliphatic rings. The molecular formula is C17H12N4O2. The van der Waals surface area contributed by atoms with Gasteiger partial charge in [0, 0.05) is 23.3 Å². The summed E-state index contributed by atoms with van der Waals surface area (Å²) >= 11 is 0. The average Bonchev–Trinajstić information content (AvgIpc) is 3.23. The van der Waals surface area contributed by atoms with Crippen molar-refractivity contribution < 1.29 is 9.90 Å². The van der Waals surface area contributed by atoms with Gasteiger partial charge in [-0.2, -0.15) is 5.10 Å². The summed E-state index contributed by atoms with van der Waals surface area (Å²) in [7, 11) is 0. The normalized spacial score (nSPS) is 11.0. The zero-order valence-corrected chi connectivity index (χ0v) is 12.0. The molecule has 6 nitrogen and oxygen atoms in total. The van der Waals surface area contributed by atoms with Gasteiger partial charge in [-0.3, -0.25) is 5.10 Å². The first-order valence-electron chi connectivity index (χ1n) is 7.03. The Balaban J connectivity index is 1.84. The van der Waals surface area contributed by atoms with E-state index in [2.05, 4.69) is 15.2 Å². The van der Waals surface area contributed by atoms with Gasteiger partial charge in [-0.05, 0) is 30.3 Å². The number of hydrogen-bond acceptors (Lipinski definition) is 3. The van der Waals surface area contributed by atoms with Crippen LogP contribution in [0.25, 0.3) is 28.0 Å². The third kappa shape index (κ3) is 2.26. The van der Waals surface area contributed by atoms with Gasteiger partial charge in [0.15, 0.2) is 0 Å². The molecule has 4 rings (SSSR count). The zero-order valence-electron chi connectivity index (χ0n) is 12.0. The maximum absolute atomic E-state index is 11.1. The van der Waals surface area contributed by atoms with Gasteiger partial charge in [-0.25, -0.2) is 9.78 Å². The Morgan fingerprint density at radius 2 is 2.09 bits per heavy atom. The number of H-pyrrole nitrogens is 1. The van der Waals surface area contributed by atoms with Crippen LogP contribution in [0.1, 0.15) is 10.4 Å². The molecule has 0 atom stereocenters. The molecule has 0 aliphatic heterocycles. The number of rotatable bonds is 3. The number of nitrogens with zero attached hydrogens (tertiary/aromatic N) is 3. The fraction of sp³-hybridized carbons (Fsp3) is 0. The van der Waals surface area contributed by atoms with Crippen molar-refractivity contribution in [1.29, 1.82) is 0 Å². The number of fused-ring (bicyclic) bond motifs is 1. The van der Waals surface area contributed by atoms with Crippen LogP contribution in [0.4, 0.5) is 0 Å². The minimum atomic E-state index is -0.971. The molecule has 0 spiro atoms. The second-order valence-corrected chi connectivity index (χ2v) is 5.14. The van der Waals surface area contributed by atoms with E-state index in [-0.39, 0.29) is 5.56 Å². The molecule has 0 amide bonds. The van der Waals surface area contributed by atoms with Crippen molar-refractivity contribution in [2.24, 2.45) is 0 Å². The maximum atomic E-state index is 11.1. The first-order valence-corrected chi connectivity index (χ1v) is 7.03. The lowest BCUT2D eigenvalue weighted by molar-refractivity contribution is 0.0696. The summed E-state index contributed by atoms with van der Waals surface area (Å²) in [6.45, 7) is 0. The van der Waals surface area contributed by atoms with E-state index in [1.165, 1.54) is 12.3 Å². The minimum absolute atomic E-state index is 0.207. The molecule has 6 heteroatoms. The number of benzene rings is 1. The molecule has 0 radical (unpaired) electrons. The van der Waals surface area contributed by atoms with Crippen molar-refractivity contribution >= 4 is 16.9 Å². The second kappa shape index (κ2) is 5.10. The number of aromatic amines is 1. The number of carboxylic acid groups (broad SMARTS) is 1. The van der Waals surface area contributed by atoms with Crippen molar-refractivity contribution in [2.45, 2.75) is 0 Å². The van der Waals surface area contributed by atoms with Gasteiger partial charge < -0.3 is 9.67 Å². The quantitative estimate of drug-likeness (QED) is 0.609. The number of carboxylic acids is 1. The van der Waals surface area contributed by atoms with Gasteiger partial charge in [0.1, 0.15) is 5.82 Å². The maximum Gasteiger partial charge on any atom is 0.335 e. The van der Waals surface area contributed by atoms with Gasteiger partial charge in [0.25, 0.3) is 0 Å². The first-order chi connectivity index (χ1) is 11.2. The van der Waals surface area contributed by atoms with E-state index in [1.807, 2.05) is 41.1 Å². The molecular weight excluding hydrogens is 292 g/mol. The lowest BCUT2D eigenvalue weighted by atomic mass is 10.1. The standard InChI is InChI=1S/C17H12N4O2/c22-17(23)12-5-6-18-16(9-12)21-7-1-2-15(21)11-3-4-13-10-19-20-14(13)8-11/h1-10H,(H,19,20)(H,22,23). The third-order valence-electron chi connectivity index (χ3n) is 3.73. The topological polar surface area (TPSA) is 83.8 Å². The molecule has 0 unspecified atom stereocenters. The predicted octanol–water partition coefficient (Wildman–Crippen LogP) is 3.11. The minimum Gasteiger partial charge on any atom is -0.478 e. The van der Waals surface area contributed by atoms with E-state index < -0.39 is 5.97 Å². The number of aromatic carboxylic acids is 1. The highest BCUT2D eigenvalue weighted by molar-refractivity contribution is 5.88. The van der Waals surface area contributed by atoms with Gasteiger partial charge in [-0.15, -0.1) is 0 Å². The first kappa shape index (κ1) is 13.3. The molecule has 0 saturated carbocycles. The Labute approximate surface area is 131 Å². The van der Waals surface area contributed by atoms with Gasteiger partial charge in [0.2, 0.25) is 0 Å². The van der Waals surface area contributed by atoms with Crippen LogP contribution in [0.5, 0.6) is 0 Å². The Hall–Kier alpha value is -3.41. The number of nitrogens with one attached hydrogen (secondary N) is 1. The molecule has 3 heterocycles. The summed E-state index contributed by atoms with van der Waals surface area (Å²) in [5, 5.41) is 17.2. The molecule has 1 aromatic carbocycles. The molecule has 3 aromatic heterocycles. The Morgan fingerprint density at radius 1 is 1.17 bits per heavy atom. The van der Waals surface area contributed by atoms with Crippen molar-refractivity contribution in [3.63, 3.8) is 0 Å². The molecule has 4 aromatic rings. The molecule has 0 aliphatic carbocycles. The summed E-state index contributed by atoms with van der Waals surface area (Å²) in [4.78, 5) is 15.4. The largest absolute Gasteiger partial charge is 0.478 e. The van der Waals surface area contributed by atoms with E-state index in [1.54, 1.807) is 12.3 Å². The Kier molecular flexibility index (Phi) is 2.94. The summed E-state index contributed by atoms with van der Waals surface area (Å²) in [5.74, 6) is -0.407. The highest BCUT2D eigenvalue weighted by Crippen LogP contribution is 2.26. The van der Waals surface area contributed by atoms with E-state index >= 15 is 0 Å². The molecule has 0 bridgehead atoms. The predicted molar refractivity (Wildman–Crippen MR) is 85.6 cm³/mol. The van der Waals surface area contributed by atoms with Gasteiger partial charge >= 0.3 is 5.97 Å². The number of carbonyl (C=O) groups is 1. The molecule has 0 fully saturated rings. The Bertz CT molecular complexity index is 1020. The van der Waals surface area contributed by atoms with Gasteiger partial charge in [-0.1, -0.05) is 12.1 Å². The number of hydrogen-bond donors (Lipinski definition) is 2. The number of pyridine rings is 1. The smallest absolute Gasteiger partial charge is 0.335 e. The van der Waals surface area contributed by atoms with E-state index in [0.717, 1.165) is 22.2 Å². The lowest BCUT2D eigenvalue weighted by Gasteiger charge is -2.09. The van der Waals surface area contributed by atoms with Crippen molar-refractivity contribution in [2.75, 3.05) is 0 Å². The van der Waals surface area contributed by atoms with Crippen LogP contribution in [0, 0.1) is 0 Å². The van der Waals surface area contributed by atoms with Gasteiger partial charge in [0.05, 0.1) is 23.0 Å². The van der Waals surface area contributed by atoms with Crippen LogP contribution in [-0.2, 0) is 0 Å². The van der Waals surface area contributed by atoms with Crippen LogP contribution in [0.2, 0.25) is 0 Å². The summed E-state index contributed by atoms with van der Waals surface area (Å²) in [5.41, 5.74) is 3.08. The summed E-state index contributed by atoms with van der Waals surface area (Å²) in [6.07, 6.45) is 5.14. The summed E-state index contributed by atoms with van der Waals surface area (Å²) < 4.78 is 1.87. The fourth-order valence-electron chi connectivity index (χ4n) is 2.60. The van der Waals surface area contributed by atoms with E-state index in [9.17, 15) is 4.79 Å². The molecule has 23 heavy (non-hydrogen) atoms. The SMILES string of the molecule is O=C(O)c1ccnc(-n2cccc2-c2ccc3cn[nH]c3c2)c1. The van der Waals surface area contributed by atoms with Crippen LogP contribution >= 0.6 is 0 Å². The van der Waals surface area contributed by atoms with Crippen molar-refractivity contribution in [3.05, 3.63) is 66.6 Å². The van der Waals surface area contributed by atoms with E-state index in [0.29, 0.717) is 5.82 Å². The number of aromatic nitrogens is 4. The summed E-state index contributed by atoms with van der Waals surface area (Å²) in [6, 6.07) is 12.9. The van der Waals surface area contributed by atoms with E-state index in [4.69, 9.17) is 5.11 Å². The van der Waals surface area contributed by atoms with Crippen LogP contribution in [-0.4, -0.2) is 30.8 Å². The Morgan fingerprint density at radius 3 is 2.96 bits per heavy atom. The fourth-order valence-corrected chi connectivity index (χ4v) is 2.60. The van der Waals surface area contributed by atoms with Crippen molar-refractivity contribution in [1.82, 2.24) is 19.7 Å². The lowest BCUT2D eigenvalue weighted by Crippen LogP contribution is -2.02. The van der Waals surface area contributed by atoms with Crippen molar-refractivity contribution in [3.8, 4) is 17.1 Å². The third-order valence-corrected chi connectivity index (χ3v) is 3.73. The average molecular weight is 304 g/mol. The second-order valence-electron chi connectivity index (χ2n) is 5.14. The highest BCUT2D eigenvalue weighted by Gasteiger charge is 2.10. The van der Waals surface area contributed by atoms with Crippen LogP contribution in [0.3, 0.4) is 0 Å². The molecule has 2 N–H and O–H groups in total. The molecule has 0 saturated heterocycles. The molecule has 112 valence electrons. The monoisotopic (exact) mass is 304 g/mol.